The highest BCUT2D eigenvalue weighted by atomic mass is 16.3. The fraction of sp³-hybridized carbons (Fsp3) is 0.588. The molecule has 1 atom stereocenters. The summed E-state index contributed by atoms with van der Waals surface area (Å²) in [5, 5.41) is 27.5. The van der Waals surface area contributed by atoms with Gasteiger partial charge in [-0.25, -0.2) is 0 Å². The number of hydrogen-bond acceptors (Lipinski definition) is 4. The smallest absolute Gasteiger partial charge is 0.224 e. The molecule has 0 bridgehead atoms. The Hall–Kier alpha value is -1.55. The molecule has 0 heterocycles. The molecule has 0 amide bonds. The quantitative estimate of drug-likeness (QED) is 0.744. The zero-order valence-electron chi connectivity index (χ0n) is 13.3. The Bertz CT molecular complexity index is 549. The van der Waals surface area contributed by atoms with Gasteiger partial charge in [0.1, 0.15) is 0 Å². The third-order valence-corrected chi connectivity index (χ3v) is 3.74. The first kappa shape index (κ1) is 17.5. The van der Waals surface area contributed by atoms with Gasteiger partial charge in [-0.2, -0.15) is 0 Å². The molecule has 4 heteroatoms. The molecule has 0 fully saturated rings. The van der Waals surface area contributed by atoms with Gasteiger partial charge in [0.05, 0.1) is 0 Å². The maximum absolute atomic E-state index is 11.5. The number of fused-ring (bicyclic) bond motifs is 1. The molecule has 0 radical (unpaired) electrons. The van der Waals surface area contributed by atoms with Crippen LogP contribution in [-0.4, -0.2) is 21.9 Å². The van der Waals surface area contributed by atoms with Crippen molar-refractivity contribution in [3.63, 3.8) is 0 Å². The molecule has 1 aromatic carbocycles. The highest BCUT2D eigenvalue weighted by Crippen LogP contribution is 2.35. The van der Waals surface area contributed by atoms with E-state index in [9.17, 15) is 15.0 Å². The second-order valence-electron chi connectivity index (χ2n) is 6.27. The van der Waals surface area contributed by atoms with Crippen LogP contribution in [0.2, 0.25) is 0 Å². The van der Waals surface area contributed by atoms with Gasteiger partial charge in [0.2, 0.25) is 11.2 Å². The molecule has 0 saturated heterocycles. The SMILES string of the molecule is CC(C)CO.Cc1cc(=O)c(O)c(O)c2c1CC(C)CC2. The minimum atomic E-state index is -0.515. The lowest BCUT2D eigenvalue weighted by Gasteiger charge is -2.21. The van der Waals surface area contributed by atoms with Crippen molar-refractivity contribution in [1.82, 2.24) is 0 Å². The Kier molecular flexibility index (Phi) is 6.21. The highest BCUT2D eigenvalue weighted by molar-refractivity contribution is 5.50. The minimum Gasteiger partial charge on any atom is -0.504 e. The van der Waals surface area contributed by atoms with E-state index in [1.807, 2.05) is 20.8 Å². The molecule has 21 heavy (non-hydrogen) atoms. The number of aliphatic hydroxyl groups excluding tert-OH is 1. The Morgan fingerprint density at radius 3 is 2.33 bits per heavy atom. The van der Waals surface area contributed by atoms with Crippen LogP contribution in [0.25, 0.3) is 0 Å². The molecular formula is C17H26O4. The van der Waals surface area contributed by atoms with E-state index in [0.29, 0.717) is 18.4 Å². The van der Waals surface area contributed by atoms with Crippen LogP contribution in [0, 0.1) is 18.8 Å². The molecule has 1 aromatic rings. The lowest BCUT2D eigenvalue weighted by molar-refractivity contribution is 0.248. The van der Waals surface area contributed by atoms with Gasteiger partial charge in [0.25, 0.3) is 0 Å². The summed E-state index contributed by atoms with van der Waals surface area (Å²) in [5.74, 6) is 0.263. The van der Waals surface area contributed by atoms with Gasteiger partial charge in [-0.1, -0.05) is 20.8 Å². The van der Waals surface area contributed by atoms with Crippen LogP contribution in [0.3, 0.4) is 0 Å². The summed E-state index contributed by atoms with van der Waals surface area (Å²) in [6, 6.07) is 1.41. The van der Waals surface area contributed by atoms with Crippen molar-refractivity contribution in [1.29, 1.82) is 0 Å². The molecule has 1 aliphatic carbocycles. The number of aliphatic hydroxyl groups is 1. The number of hydrogen-bond donors (Lipinski definition) is 3. The summed E-state index contributed by atoms with van der Waals surface area (Å²) in [4.78, 5) is 11.5. The topological polar surface area (TPSA) is 77.8 Å². The van der Waals surface area contributed by atoms with Gasteiger partial charge < -0.3 is 15.3 Å². The second-order valence-corrected chi connectivity index (χ2v) is 6.27. The van der Waals surface area contributed by atoms with Gasteiger partial charge in [0.15, 0.2) is 5.75 Å². The second kappa shape index (κ2) is 7.46. The predicted molar refractivity (Wildman–Crippen MR) is 83.9 cm³/mol. The predicted octanol–water partition coefficient (Wildman–Crippen LogP) is 2.53. The van der Waals surface area contributed by atoms with Crippen molar-refractivity contribution >= 4 is 0 Å². The number of aromatic hydroxyl groups is 2. The van der Waals surface area contributed by atoms with Gasteiger partial charge >= 0.3 is 0 Å². The maximum atomic E-state index is 11.5. The molecule has 2 rings (SSSR count). The molecule has 0 spiro atoms. The van der Waals surface area contributed by atoms with Crippen LogP contribution in [0.15, 0.2) is 10.9 Å². The summed E-state index contributed by atoms with van der Waals surface area (Å²) in [7, 11) is 0. The Morgan fingerprint density at radius 1 is 1.24 bits per heavy atom. The minimum absolute atomic E-state index is 0.222. The van der Waals surface area contributed by atoms with Crippen LogP contribution in [0.4, 0.5) is 0 Å². The molecule has 118 valence electrons. The van der Waals surface area contributed by atoms with Crippen molar-refractivity contribution in [2.75, 3.05) is 6.61 Å². The van der Waals surface area contributed by atoms with Crippen molar-refractivity contribution in [3.8, 4) is 11.5 Å². The van der Waals surface area contributed by atoms with Gasteiger partial charge in [-0.3, -0.25) is 4.79 Å². The van der Waals surface area contributed by atoms with Crippen LogP contribution >= 0.6 is 0 Å². The van der Waals surface area contributed by atoms with E-state index in [1.54, 1.807) is 0 Å². The molecule has 0 saturated carbocycles. The number of aryl methyl sites for hydroxylation is 1. The summed E-state index contributed by atoms with van der Waals surface area (Å²) in [5.41, 5.74) is 2.13. The van der Waals surface area contributed by atoms with Gasteiger partial charge in [-0.05, 0) is 55.2 Å². The lowest BCUT2D eigenvalue weighted by atomic mass is 9.84. The van der Waals surface area contributed by atoms with E-state index in [-0.39, 0.29) is 5.75 Å². The zero-order valence-corrected chi connectivity index (χ0v) is 13.3. The van der Waals surface area contributed by atoms with Crippen LogP contribution in [0.5, 0.6) is 11.5 Å². The Morgan fingerprint density at radius 2 is 1.81 bits per heavy atom. The van der Waals surface area contributed by atoms with Crippen LogP contribution in [-0.2, 0) is 12.8 Å². The van der Waals surface area contributed by atoms with E-state index in [0.717, 1.165) is 36.0 Å². The lowest BCUT2D eigenvalue weighted by Crippen LogP contribution is -2.11. The molecule has 3 N–H and O–H groups in total. The largest absolute Gasteiger partial charge is 0.504 e. The fourth-order valence-corrected chi connectivity index (χ4v) is 2.39. The van der Waals surface area contributed by atoms with Crippen molar-refractivity contribution in [2.45, 2.75) is 47.0 Å². The molecule has 4 nitrogen and oxygen atoms in total. The molecule has 0 aromatic heterocycles. The Labute approximate surface area is 126 Å². The molecule has 1 unspecified atom stereocenters. The van der Waals surface area contributed by atoms with E-state index in [4.69, 9.17) is 5.11 Å². The molecular weight excluding hydrogens is 268 g/mol. The summed E-state index contributed by atoms with van der Waals surface area (Å²) in [6.07, 6.45) is 2.57. The highest BCUT2D eigenvalue weighted by Gasteiger charge is 2.21. The third-order valence-electron chi connectivity index (χ3n) is 3.74. The Balaban J connectivity index is 0.000000383. The van der Waals surface area contributed by atoms with Crippen molar-refractivity contribution < 1.29 is 15.3 Å². The summed E-state index contributed by atoms with van der Waals surface area (Å²) < 4.78 is 0. The first-order valence-electron chi connectivity index (χ1n) is 7.46. The zero-order chi connectivity index (χ0) is 16.2. The van der Waals surface area contributed by atoms with E-state index in [1.165, 1.54) is 6.07 Å². The van der Waals surface area contributed by atoms with Crippen LogP contribution in [0.1, 0.15) is 43.9 Å². The van der Waals surface area contributed by atoms with Crippen LogP contribution < -0.4 is 5.43 Å². The average Bonchev–Trinajstić information content (AvgIpc) is 2.52. The summed E-state index contributed by atoms with van der Waals surface area (Å²) in [6.45, 7) is 8.27. The fourth-order valence-electron chi connectivity index (χ4n) is 2.39. The van der Waals surface area contributed by atoms with E-state index in [2.05, 4.69) is 6.92 Å². The first-order valence-corrected chi connectivity index (χ1v) is 7.46. The van der Waals surface area contributed by atoms with E-state index < -0.39 is 11.2 Å². The summed E-state index contributed by atoms with van der Waals surface area (Å²) >= 11 is 0. The van der Waals surface area contributed by atoms with E-state index >= 15 is 0 Å². The monoisotopic (exact) mass is 294 g/mol. The maximum Gasteiger partial charge on any atom is 0.224 e. The normalized spacial score (nSPS) is 17.0. The molecule has 1 aliphatic rings. The first-order chi connectivity index (χ1) is 9.77. The average molecular weight is 294 g/mol. The standard InChI is InChI=1S/C13H16O3.C4H10O/c1-7-3-4-9-10(5-7)8(2)6-11(14)13(16)12(9)15;1-4(2)3-5/h6-7H,3-5H2,1-2H3,(H2,14,15,16);4-5H,3H2,1-2H3. The van der Waals surface area contributed by atoms with Crippen molar-refractivity contribution in [3.05, 3.63) is 33.0 Å². The number of rotatable bonds is 1. The third kappa shape index (κ3) is 4.46. The van der Waals surface area contributed by atoms with Crippen molar-refractivity contribution in [2.24, 2.45) is 11.8 Å². The van der Waals surface area contributed by atoms with Gasteiger partial charge in [0, 0.05) is 12.2 Å². The molecule has 0 aliphatic heterocycles. The van der Waals surface area contributed by atoms with Gasteiger partial charge in [-0.15, -0.1) is 0 Å².